The van der Waals surface area contributed by atoms with Crippen LogP contribution in [-0.4, -0.2) is 10.9 Å². The largest absolute Gasteiger partial charge is 0.322 e. The van der Waals surface area contributed by atoms with Crippen molar-refractivity contribution in [2.45, 2.75) is 6.92 Å². The van der Waals surface area contributed by atoms with Crippen molar-refractivity contribution in [1.29, 1.82) is 0 Å². The maximum Gasteiger partial charge on any atom is 0.248 e. The van der Waals surface area contributed by atoms with Crippen molar-refractivity contribution in [3.05, 3.63) is 64.1 Å². The lowest BCUT2D eigenvalue weighted by molar-refractivity contribution is -0.111. The van der Waals surface area contributed by atoms with Gasteiger partial charge in [-0.15, -0.1) is 11.3 Å². The Labute approximate surface area is 137 Å². The number of carbonyl (C=O) groups is 1. The molecule has 2 aromatic carbocycles. The molecule has 0 aliphatic heterocycles. The van der Waals surface area contributed by atoms with Crippen LogP contribution in [0.3, 0.4) is 0 Å². The summed E-state index contributed by atoms with van der Waals surface area (Å²) in [4.78, 5) is 16.4. The van der Waals surface area contributed by atoms with Gasteiger partial charge in [0.05, 0.1) is 15.2 Å². The van der Waals surface area contributed by atoms with Crippen molar-refractivity contribution >= 4 is 50.8 Å². The number of fused-ring (bicyclic) bond motifs is 1. The summed E-state index contributed by atoms with van der Waals surface area (Å²) in [5, 5.41) is 4.47. The molecule has 0 atom stereocenters. The molecule has 110 valence electrons. The van der Waals surface area contributed by atoms with Crippen LogP contribution in [0.15, 0.2) is 48.5 Å². The number of nitrogens with zero attached hydrogens (tertiary/aromatic N) is 1. The maximum atomic E-state index is 12.0. The number of carbonyl (C=O) groups excluding carboxylic acids is 1. The molecule has 0 unspecified atom stereocenters. The fraction of sp³-hybridized carbons (Fsp3) is 0.0588. The lowest BCUT2D eigenvalue weighted by Gasteiger charge is -2.02. The third kappa shape index (κ3) is 3.35. The fourth-order valence-corrected chi connectivity index (χ4v) is 3.14. The summed E-state index contributed by atoms with van der Waals surface area (Å²) in [6.07, 6.45) is 3.18. The summed E-state index contributed by atoms with van der Waals surface area (Å²) < 4.78 is 1.06. The predicted molar refractivity (Wildman–Crippen MR) is 93.5 cm³/mol. The Balaban J connectivity index is 1.74. The minimum atomic E-state index is -0.194. The van der Waals surface area contributed by atoms with Crippen molar-refractivity contribution in [2.75, 3.05) is 5.32 Å². The van der Waals surface area contributed by atoms with Crippen LogP contribution >= 0.6 is 22.9 Å². The van der Waals surface area contributed by atoms with Crippen LogP contribution in [0.5, 0.6) is 0 Å². The number of aryl methyl sites for hydroxylation is 1. The fourth-order valence-electron chi connectivity index (χ4n) is 2.08. The topological polar surface area (TPSA) is 42.0 Å². The smallest absolute Gasteiger partial charge is 0.248 e. The molecule has 3 aromatic rings. The SMILES string of the molecule is Cc1nc2ccc(NC(=O)/C=C/c3ccccc3Cl)cc2s1. The number of hydrogen-bond acceptors (Lipinski definition) is 3. The highest BCUT2D eigenvalue weighted by molar-refractivity contribution is 7.18. The summed E-state index contributed by atoms with van der Waals surface area (Å²) in [6.45, 7) is 1.97. The molecule has 1 N–H and O–H groups in total. The number of nitrogens with one attached hydrogen (secondary N) is 1. The van der Waals surface area contributed by atoms with Gasteiger partial charge in [0.25, 0.3) is 0 Å². The number of anilines is 1. The van der Waals surface area contributed by atoms with Crippen molar-refractivity contribution in [1.82, 2.24) is 4.98 Å². The lowest BCUT2D eigenvalue weighted by Crippen LogP contribution is -2.07. The number of thiazole rings is 1. The van der Waals surface area contributed by atoms with Gasteiger partial charge in [0, 0.05) is 16.8 Å². The molecule has 0 fully saturated rings. The van der Waals surface area contributed by atoms with Crippen molar-refractivity contribution in [2.24, 2.45) is 0 Å². The Morgan fingerprint density at radius 2 is 2.09 bits per heavy atom. The third-order valence-electron chi connectivity index (χ3n) is 3.08. The van der Waals surface area contributed by atoms with Gasteiger partial charge in [-0.1, -0.05) is 29.8 Å². The summed E-state index contributed by atoms with van der Waals surface area (Å²) in [5.74, 6) is -0.194. The molecule has 0 bridgehead atoms. The monoisotopic (exact) mass is 328 g/mol. The van der Waals surface area contributed by atoms with E-state index in [4.69, 9.17) is 11.6 Å². The van der Waals surface area contributed by atoms with E-state index in [1.165, 1.54) is 6.08 Å². The summed E-state index contributed by atoms with van der Waals surface area (Å²) >= 11 is 7.65. The van der Waals surface area contributed by atoms with Gasteiger partial charge in [-0.25, -0.2) is 4.98 Å². The molecule has 22 heavy (non-hydrogen) atoms. The van der Waals surface area contributed by atoms with E-state index in [0.29, 0.717) is 5.02 Å². The normalized spacial score (nSPS) is 11.2. The van der Waals surface area contributed by atoms with E-state index < -0.39 is 0 Å². The van der Waals surface area contributed by atoms with Gasteiger partial charge in [-0.2, -0.15) is 0 Å². The number of hydrogen-bond donors (Lipinski definition) is 1. The highest BCUT2D eigenvalue weighted by Crippen LogP contribution is 2.24. The molecule has 0 aliphatic rings. The van der Waals surface area contributed by atoms with Gasteiger partial charge >= 0.3 is 0 Å². The zero-order valence-corrected chi connectivity index (χ0v) is 13.4. The Morgan fingerprint density at radius 1 is 1.27 bits per heavy atom. The molecule has 3 nitrogen and oxygen atoms in total. The molecule has 0 spiro atoms. The van der Waals surface area contributed by atoms with Crippen LogP contribution in [0.4, 0.5) is 5.69 Å². The predicted octanol–water partition coefficient (Wildman–Crippen LogP) is 4.91. The minimum Gasteiger partial charge on any atom is -0.322 e. The van der Waals surface area contributed by atoms with Crippen molar-refractivity contribution in [3.8, 4) is 0 Å². The molecule has 0 saturated carbocycles. The number of amides is 1. The van der Waals surface area contributed by atoms with Gasteiger partial charge < -0.3 is 5.32 Å². The van der Waals surface area contributed by atoms with E-state index in [0.717, 1.165) is 26.5 Å². The number of aromatic nitrogens is 1. The Morgan fingerprint density at radius 3 is 2.91 bits per heavy atom. The molecule has 1 aromatic heterocycles. The molecule has 0 aliphatic carbocycles. The number of benzene rings is 2. The van der Waals surface area contributed by atoms with Gasteiger partial charge in [-0.3, -0.25) is 4.79 Å². The van der Waals surface area contributed by atoms with E-state index in [1.807, 2.05) is 43.3 Å². The van der Waals surface area contributed by atoms with Gasteiger partial charge in [-0.05, 0) is 42.8 Å². The average molecular weight is 329 g/mol. The van der Waals surface area contributed by atoms with Gasteiger partial charge in [0.2, 0.25) is 5.91 Å². The average Bonchev–Trinajstić information content (AvgIpc) is 2.86. The number of halogens is 1. The van der Waals surface area contributed by atoms with Crippen LogP contribution in [0.25, 0.3) is 16.3 Å². The highest BCUT2D eigenvalue weighted by Gasteiger charge is 2.03. The van der Waals surface area contributed by atoms with E-state index in [1.54, 1.807) is 23.5 Å². The van der Waals surface area contributed by atoms with E-state index in [9.17, 15) is 4.79 Å². The molecule has 0 saturated heterocycles. The van der Waals surface area contributed by atoms with Gasteiger partial charge in [0.15, 0.2) is 0 Å². The van der Waals surface area contributed by atoms with Crippen LogP contribution in [0.2, 0.25) is 5.02 Å². The zero-order chi connectivity index (χ0) is 15.5. The molecule has 3 rings (SSSR count). The molecule has 5 heteroatoms. The zero-order valence-electron chi connectivity index (χ0n) is 11.8. The van der Waals surface area contributed by atoms with Crippen LogP contribution in [0, 0.1) is 6.92 Å². The first kappa shape index (κ1) is 14.8. The van der Waals surface area contributed by atoms with Gasteiger partial charge in [0.1, 0.15) is 0 Å². The second-order valence-electron chi connectivity index (χ2n) is 4.76. The third-order valence-corrected chi connectivity index (χ3v) is 4.36. The summed E-state index contributed by atoms with van der Waals surface area (Å²) in [6, 6.07) is 13.1. The summed E-state index contributed by atoms with van der Waals surface area (Å²) in [5.41, 5.74) is 2.52. The molecular weight excluding hydrogens is 316 g/mol. The van der Waals surface area contributed by atoms with Crippen molar-refractivity contribution < 1.29 is 4.79 Å². The standard InChI is InChI=1S/C17H13ClN2OS/c1-11-19-15-8-7-13(10-16(15)22-11)20-17(21)9-6-12-4-2-3-5-14(12)18/h2-10H,1H3,(H,20,21)/b9-6+. The Kier molecular flexibility index (Phi) is 4.22. The van der Waals surface area contributed by atoms with E-state index in [2.05, 4.69) is 10.3 Å². The van der Waals surface area contributed by atoms with E-state index >= 15 is 0 Å². The van der Waals surface area contributed by atoms with E-state index in [-0.39, 0.29) is 5.91 Å². The molecule has 1 heterocycles. The Hall–Kier alpha value is -2.17. The maximum absolute atomic E-state index is 12.0. The second kappa shape index (κ2) is 6.30. The Bertz CT molecular complexity index is 870. The molecular formula is C17H13ClN2OS. The minimum absolute atomic E-state index is 0.194. The molecule has 1 amide bonds. The van der Waals surface area contributed by atoms with Crippen LogP contribution in [0.1, 0.15) is 10.6 Å². The lowest BCUT2D eigenvalue weighted by atomic mass is 10.2. The first-order chi connectivity index (χ1) is 10.6. The highest BCUT2D eigenvalue weighted by atomic mass is 35.5. The second-order valence-corrected chi connectivity index (χ2v) is 6.40. The first-order valence-electron chi connectivity index (χ1n) is 6.72. The van der Waals surface area contributed by atoms with Crippen LogP contribution in [-0.2, 0) is 4.79 Å². The van der Waals surface area contributed by atoms with Crippen LogP contribution < -0.4 is 5.32 Å². The summed E-state index contributed by atoms with van der Waals surface area (Å²) in [7, 11) is 0. The first-order valence-corrected chi connectivity index (χ1v) is 7.92. The number of rotatable bonds is 3. The van der Waals surface area contributed by atoms with Crippen molar-refractivity contribution in [3.63, 3.8) is 0 Å². The quantitative estimate of drug-likeness (QED) is 0.694. The molecule has 0 radical (unpaired) electrons.